The van der Waals surface area contributed by atoms with Gasteiger partial charge in [0.15, 0.2) is 0 Å². The van der Waals surface area contributed by atoms with Gasteiger partial charge in [0.1, 0.15) is 5.82 Å². The van der Waals surface area contributed by atoms with Crippen molar-refractivity contribution >= 4 is 11.8 Å². The molecule has 0 radical (unpaired) electrons. The van der Waals surface area contributed by atoms with Crippen LogP contribution in [0.15, 0.2) is 18.3 Å². The fraction of sp³-hybridized carbons (Fsp3) is 0.667. The number of nitrogen functional groups attached to an aromatic ring is 1. The molecule has 0 spiro atoms. The summed E-state index contributed by atoms with van der Waals surface area (Å²) in [7, 11) is 2.16. The zero-order valence-electron chi connectivity index (χ0n) is 19.2. The maximum Gasteiger partial charge on any atom is 0.222 e. The summed E-state index contributed by atoms with van der Waals surface area (Å²) in [5, 5.41) is 0. The molecule has 0 amide bonds. The van der Waals surface area contributed by atoms with Crippen molar-refractivity contribution in [1.29, 1.82) is 0 Å². The van der Waals surface area contributed by atoms with E-state index in [0.717, 1.165) is 56.2 Å². The van der Waals surface area contributed by atoms with Crippen LogP contribution in [0.25, 0.3) is 11.3 Å². The quantitative estimate of drug-likeness (QED) is 0.703. The number of aromatic nitrogens is 3. The molecule has 0 atom stereocenters. The minimum absolute atomic E-state index is 0.362. The predicted octanol–water partition coefficient (Wildman–Crippen LogP) is 4.59. The Morgan fingerprint density at radius 3 is 2.30 bits per heavy atom. The highest BCUT2D eigenvalue weighted by Gasteiger charge is 2.18. The number of piperazine rings is 1. The molecule has 0 bridgehead atoms. The van der Waals surface area contributed by atoms with E-state index in [1.54, 1.807) is 0 Å². The van der Waals surface area contributed by atoms with E-state index in [1.165, 1.54) is 50.6 Å². The lowest BCUT2D eigenvalue weighted by atomic mass is 10.1. The summed E-state index contributed by atoms with van der Waals surface area (Å²) in [4.78, 5) is 13.6. The van der Waals surface area contributed by atoms with Crippen molar-refractivity contribution < 1.29 is 0 Å². The van der Waals surface area contributed by atoms with Gasteiger partial charge in [0.2, 0.25) is 5.95 Å². The van der Waals surface area contributed by atoms with Gasteiger partial charge in [0.25, 0.3) is 0 Å². The van der Waals surface area contributed by atoms with Gasteiger partial charge in [-0.3, -0.25) is 0 Å². The third-order valence-corrected chi connectivity index (χ3v) is 6.13. The number of rotatable bonds is 6. The molecule has 30 heavy (non-hydrogen) atoms. The summed E-state index contributed by atoms with van der Waals surface area (Å²) in [6.45, 7) is 9.68. The van der Waals surface area contributed by atoms with Crippen LogP contribution < -0.4 is 10.6 Å². The minimum atomic E-state index is 0.362. The normalized spacial score (nSPS) is 16.7. The average Bonchev–Trinajstić information content (AvgIpc) is 3.19. The second-order valence-corrected chi connectivity index (χ2v) is 8.69. The number of hydrogen-bond acceptors (Lipinski definition) is 5. The van der Waals surface area contributed by atoms with Crippen LogP contribution in [0.5, 0.6) is 0 Å². The average molecular weight is 413 g/mol. The zero-order chi connectivity index (χ0) is 21.3. The molecule has 0 unspecified atom stereocenters. The first-order valence-corrected chi connectivity index (χ1v) is 11.9. The monoisotopic (exact) mass is 412 g/mol. The lowest BCUT2D eigenvalue weighted by Gasteiger charge is -2.33. The molecule has 6 nitrogen and oxygen atoms in total. The molecule has 2 aromatic rings. The Hall–Kier alpha value is -2.08. The van der Waals surface area contributed by atoms with Crippen molar-refractivity contribution in [3.05, 3.63) is 24.0 Å². The van der Waals surface area contributed by atoms with Crippen molar-refractivity contribution in [2.24, 2.45) is 0 Å². The summed E-state index contributed by atoms with van der Waals surface area (Å²) in [5.41, 5.74) is 9.49. The molecule has 4 heterocycles. The molecule has 2 N–H and O–H groups in total. The molecule has 1 saturated heterocycles. The Balaban J connectivity index is 0.000000318. The first-order valence-electron chi connectivity index (χ1n) is 11.9. The maximum absolute atomic E-state index is 5.99. The zero-order valence-corrected chi connectivity index (χ0v) is 19.2. The first-order chi connectivity index (χ1) is 14.6. The Labute approximate surface area is 182 Å². The SMILES string of the molecule is CCCCCCC.CN1CCN(c2cc(-c3cc4n(c3)CCCC4)nc(N)n2)CC1. The lowest BCUT2D eigenvalue weighted by molar-refractivity contribution is 0.312. The number of anilines is 2. The van der Waals surface area contributed by atoms with E-state index in [-0.39, 0.29) is 0 Å². The molecule has 1 fully saturated rings. The highest BCUT2D eigenvalue weighted by Crippen LogP contribution is 2.27. The molecule has 2 aliphatic heterocycles. The van der Waals surface area contributed by atoms with E-state index in [9.17, 15) is 0 Å². The van der Waals surface area contributed by atoms with Crippen LogP contribution in [0, 0.1) is 0 Å². The topological polar surface area (TPSA) is 63.2 Å². The largest absolute Gasteiger partial charge is 0.368 e. The van der Waals surface area contributed by atoms with E-state index in [2.05, 4.69) is 63.6 Å². The van der Waals surface area contributed by atoms with Crippen LogP contribution in [0.3, 0.4) is 0 Å². The van der Waals surface area contributed by atoms with Crippen molar-refractivity contribution in [2.75, 3.05) is 43.9 Å². The summed E-state index contributed by atoms with van der Waals surface area (Å²) < 4.78 is 2.35. The summed E-state index contributed by atoms with van der Waals surface area (Å²) in [6, 6.07) is 4.34. The van der Waals surface area contributed by atoms with Gasteiger partial charge in [-0.1, -0.05) is 46.0 Å². The Morgan fingerprint density at radius 2 is 1.63 bits per heavy atom. The van der Waals surface area contributed by atoms with Crippen LogP contribution in [0.4, 0.5) is 11.8 Å². The molecule has 0 aliphatic carbocycles. The van der Waals surface area contributed by atoms with Crippen molar-refractivity contribution in [2.45, 2.75) is 71.8 Å². The molecular weight excluding hydrogens is 372 g/mol. The van der Waals surface area contributed by atoms with Crippen LogP contribution >= 0.6 is 0 Å². The van der Waals surface area contributed by atoms with Gasteiger partial charge in [-0.05, 0) is 32.4 Å². The molecule has 0 aromatic carbocycles. The van der Waals surface area contributed by atoms with Gasteiger partial charge in [0, 0.05) is 56.2 Å². The van der Waals surface area contributed by atoms with Crippen LogP contribution in [-0.4, -0.2) is 52.7 Å². The molecule has 4 rings (SSSR count). The fourth-order valence-electron chi connectivity index (χ4n) is 4.18. The fourth-order valence-corrected chi connectivity index (χ4v) is 4.18. The molecule has 0 saturated carbocycles. The van der Waals surface area contributed by atoms with Crippen molar-refractivity contribution in [3.63, 3.8) is 0 Å². The van der Waals surface area contributed by atoms with Crippen LogP contribution in [0.1, 0.15) is 64.5 Å². The second kappa shape index (κ2) is 11.3. The Bertz CT molecular complexity index is 748. The molecule has 166 valence electrons. The summed E-state index contributed by atoms with van der Waals surface area (Å²) in [5.74, 6) is 1.31. The van der Waals surface area contributed by atoms with E-state index in [0.29, 0.717) is 5.95 Å². The number of hydrogen-bond donors (Lipinski definition) is 1. The van der Waals surface area contributed by atoms with Crippen molar-refractivity contribution in [3.8, 4) is 11.3 Å². The van der Waals surface area contributed by atoms with Gasteiger partial charge < -0.3 is 20.1 Å². The standard InChI is InChI=1S/C17H24N6.C7H16/c1-21-6-8-22(9-7-21)16-11-15(19-17(18)20-16)13-10-14-4-2-3-5-23(14)12-13;1-3-5-7-6-4-2/h10-12H,2-9H2,1H3,(H2,18,19,20);3-7H2,1-2H3. The molecule has 2 aliphatic rings. The Kier molecular flexibility index (Phi) is 8.55. The van der Waals surface area contributed by atoms with E-state index >= 15 is 0 Å². The van der Waals surface area contributed by atoms with Gasteiger partial charge >= 0.3 is 0 Å². The van der Waals surface area contributed by atoms with E-state index < -0.39 is 0 Å². The number of likely N-dealkylation sites (N-methyl/N-ethyl adjacent to an activating group) is 1. The molecule has 2 aromatic heterocycles. The predicted molar refractivity (Wildman–Crippen MR) is 127 cm³/mol. The molecular formula is C24H40N6. The van der Waals surface area contributed by atoms with Crippen LogP contribution in [-0.2, 0) is 13.0 Å². The molecule has 6 heteroatoms. The third-order valence-electron chi connectivity index (χ3n) is 6.13. The van der Waals surface area contributed by atoms with E-state index in [4.69, 9.17) is 5.73 Å². The van der Waals surface area contributed by atoms with Crippen molar-refractivity contribution in [1.82, 2.24) is 19.4 Å². The first kappa shape index (κ1) is 22.6. The van der Waals surface area contributed by atoms with Gasteiger partial charge in [0.05, 0.1) is 5.69 Å². The lowest BCUT2D eigenvalue weighted by Crippen LogP contribution is -2.44. The third kappa shape index (κ3) is 6.21. The number of unbranched alkanes of at least 4 members (excludes halogenated alkanes) is 4. The van der Waals surface area contributed by atoms with E-state index in [1.807, 2.05) is 0 Å². The maximum atomic E-state index is 5.99. The number of nitrogens with zero attached hydrogens (tertiary/aromatic N) is 5. The van der Waals surface area contributed by atoms with Gasteiger partial charge in [-0.25, -0.2) is 4.98 Å². The number of fused-ring (bicyclic) bond motifs is 1. The Morgan fingerprint density at radius 1 is 0.900 bits per heavy atom. The number of nitrogens with two attached hydrogens (primary N) is 1. The minimum Gasteiger partial charge on any atom is -0.368 e. The van der Waals surface area contributed by atoms with Crippen LogP contribution in [0.2, 0.25) is 0 Å². The summed E-state index contributed by atoms with van der Waals surface area (Å²) >= 11 is 0. The van der Waals surface area contributed by atoms with Gasteiger partial charge in [-0.2, -0.15) is 4.98 Å². The summed E-state index contributed by atoms with van der Waals surface area (Å²) in [6.07, 6.45) is 12.9. The highest BCUT2D eigenvalue weighted by molar-refractivity contribution is 5.65. The van der Waals surface area contributed by atoms with Gasteiger partial charge in [-0.15, -0.1) is 0 Å². The second-order valence-electron chi connectivity index (χ2n) is 8.69. The highest BCUT2D eigenvalue weighted by atomic mass is 15.3. The smallest absolute Gasteiger partial charge is 0.222 e. The number of aryl methyl sites for hydroxylation is 2.